The van der Waals surface area contributed by atoms with Gasteiger partial charge in [0, 0.05) is 17.8 Å². The van der Waals surface area contributed by atoms with E-state index in [4.69, 9.17) is 11.6 Å². The number of nitrogens with zero attached hydrogens (tertiary/aromatic N) is 3. The normalized spacial score (nSPS) is 11.0. The van der Waals surface area contributed by atoms with Crippen LogP contribution in [0.4, 0.5) is 0 Å². The lowest BCUT2D eigenvalue weighted by Gasteiger charge is -2.03. The third kappa shape index (κ3) is 3.80. The summed E-state index contributed by atoms with van der Waals surface area (Å²) >= 11 is 6.00. The summed E-state index contributed by atoms with van der Waals surface area (Å²) in [5.74, 6) is -0.366. The number of halogens is 1. The minimum absolute atomic E-state index is 0.0109. The summed E-state index contributed by atoms with van der Waals surface area (Å²) in [4.78, 5) is 35.9. The monoisotopic (exact) mass is 378 g/mol. The lowest BCUT2D eigenvalue weighted by Crippen LogP contribution is -2.21. The smallest absolute Gasteiger partial charge is 0.278 e. The van der Waals surface area contributed by atoms with Crippen molar-refractivity contribution in [2.45, 2.75) is 13.0 Å². The first-order chi connectivity index (χ1) is 13.1. The predicted molar refractivity (Wildman–Crippen MR) is 103 cm³/mol. The molecule has 1 N–H and O–H groups in total. The van der Waals surface area contributed by atoms with Gasteiger partial charge in [0.25, 0.3) is 5.56 Å². The molecule has 0 aliphatic carbocycles. The fourth-order valence-corrected chi connectivity index (χ4v) is 3.11. The summed E-state index contributed by atoms with van der Waals surface area (Å²) in [6.45, 7) is 0.594. The molecule has 2 aromatic carbocycles. The van der Waals surface area contributed by atoms with Crippen LogP contribution in [-0.2, 0) is 13.0 Å². The number of benzene rings is 2. The molecular formula is C20H15ClN4O2. The van der Waals surface area contributed by atoms with E-state index >= 15 is 0 Å². The first-order valence-corrected chi connectivity index (χ1v) is 8.73. The summed E-state index contributed by atoms with van der Waals surface area (Å²) in [6, 6.07) is 14.7. The van der Waals surface area contributed by atoms with Crippen LogP contribution in [0, 0.1) is 0 Å². The van der Waals surface area contributed by atoms with E-state index in [1.54, 1.807) is 36.8 Å². The van der Waals surface area contributed by atoms with Crippen molar-refractivity contribution in [2.75, 3.05) is 0 Å². The number of para-hydroxylation sites is 2. The van der Waals surface area contributed by atoms with E-state index in [0.29, 0.717) is 28.3 Å². The number of H-pyrrole nitrogens is 1. The molecule has 0 atom stereocenters. The van der Waals surface area contributed by atoms with Gasteiger partial charge in [-0.15, -0.1) is 0 Å². The Labute approximate surface area is 159 Å². The molecule has 0 spiro atoms. The number of fused-ring (bicyclic) bond motifs is 1. The maximum atomic E-state index is 12.5. The highest BCUT2D eigenvalue weighted by Crippen LogP contribution is 2.13. The second kappa shape index (κ2) is 7.17. The molecule has 134 valence electrons. The third-order valence-corrected chi connectivity index (χ3v) is 4.38. The molecule has 4 rings (SSSR count). The van der Waals surface area contributed by atoms with Gasteiger partial charge in [0.05, 0.1) is 29.5 Å². The van der Waals surface area contributed by atoms with Gasteiger partial charge in [0.1, 0.15) is 0 Å². The van der Waals surface area contributed by atoms with Crippen LogP contribution in [0.15, 0.2) is 65.8 Å². The lowest BCUT2D eigenvalue weighted by molar-refractivity contribution is 0.0986. The van der Waals surface area contributed by atoms with Crippen molar-refractivity contribution in [3.05, 3.63) is 93.4 Å². The van der Waals surface area contributed by atoms with Crippen LogP contribution in [0.1, 0.15) is 21.7 Å². The van der Waals surface area contributed by atoms with Gasteiger partial charge in [-0.2, -0.15) is 0 Å². The average molecular weight is 379 g/mol. The van der Waals surface area contributed by atoms with E-state index < -0.39 is 5.56 Å². The number of carbonyl (C=O) groups excluding carboxylic acids is 1. The number of imidazole rings is 1. The molecule has 0 aliphatic heterocycles. The van der Waals surface area contributed by atoms with Crippen LogP contribution in [0.2, 0.25) is 5.02 Å². The Morgan fingerprint density at radius 2 is 2.00 bits per heavy atom. The van der Waals surface area contributed by atoms with Crippen molar-refractivity contribution < 1.29 is 4.79 Å². The minimum Gasteiger partial charge on any atom is -0.333 e. The first-order valence-electron chi connectivity index (χ1n) is 8.36. The molecule has 7 heteroatoms. The molecular weight excluding hydrogens is 364 g/mol. The maximum absolute atomic E-state index is 12.5. The highest BCUT2D eigenvalue weighted by atomic mass is 35.5. The van der Waals surface area contributed by atoms with E-state index in [1.807, 2.05) is 28.8 Å². The zero-order valence-corrected chi connectivity index (χ0v) is 15.0. The van der Waals surface area contributed by atoms with E-state index in [9.17, 15) is 9.59 Å². The Balaban J connectivity index is 1.53. The van der Waals surface area contributed by atoms with E-state index in [2.05, 4.69) is 15.0 Å². The van der Waals surface area contributed by atoms with Crippen molar-refractivity contribution in [3.63, 3.8) is 0 Å². The highest BCUT2D eigenvalue weighted by Gasteiger charge is 2.16. The zero-order chi connectivity index (χ0) is 18.8. The number of hydrogen-bond acceptors (Lipinski definition) is 4. The molecule has 27 heavy (non-hydrogen) atoms. The summed E-state index contributed by atoms with van der Waals surface area (Å²) in [5.41, 5.74) is 2.20. The first kappa shape index (κ1) is 17.2. The molecule has 0 unspecified atom stereocenters. The Bertz CT molecular complexity index is 1200. The number of rotatable bonds is 5. The second-order valence-corrected chi connectivity index (χ2v) is 6.64. The predicted octanol–water partition coefficient (Wildman–Crippen LogP) is 3.25. The number of carbonyl (C=O) groups is 1. The van der Waals surface area contributed by atoms with Crippen LogP contribution in [0.5, 0.6) is 0 Å². The number of aromatic amines is 1. The van der Waals surface area contributed by atoms with Gasteiger partial charge in [-0.25, -0.2) is 9.97 Å². The fraction of sp³-hybridized carbons (Fsp3) is 0.100. The van der Waals surface area contributed by atoms with E-state index in [-0.39, 0.29) is 17.9 Å². The molecule has 0 amide bonds. The van der Waals surface area contributed by atoms with Gasteiger partial charge >= 0.3 is 0 Å². The molecule has 2 aromatic heterocycles. The van der Waals surface area contributed by atoms with Crippen molar-refractivity contribution in [2.24, 2.45) is 0 Å². The second-order valence-electron chi connectivity index (χ2n) is 6.20. The van der Waals surface area contributed by atoms with Crippen molar-refractivity contribution in [3.8, 4) is 0 Å². The number of nitrogens with one attached hydrogen (secondary N) is 1. The van der Waals surface area contributed by atoms with Gasteiger partial charge in [-0.3, -0.25) is 9.59 Å². The van der Waals surface area contributed by atoms with Gasteiger partial charge < -0.3 is 9.55 Å². The van der Waals surface area contributed by atoms with Crippen LogP contribution in [-0.4, -0.2) is 25.3 Å². The Kier molecular flexibility index (Phi) is 4.56. The number of Topliss-reactive ketones (excluding diaryl/α,β-unsaturated/α-hetero) is 1. The van der Waals surface area contributed by atoms with Crippen LogP contribution in [0.25, 0.3) is 11.0 Å². The third-order valence-electron chi connectivity index (χ3n) is 4.15. The molecule has 2 heterocycles. The van der Waals surface area contributed by atoms with Crippen molar-refractivity contribution in [1.29, 1.82) is 0 Å². The molecule has 0 aliphatic rings. The average Bonchev–Trinajstić information content (AvgIpc) is 3.07. The molecule has 6 nitrogen and oxygen atoms in total. The summed E-state index contributed by atoms with van der Waals surface area (Å²) in [5, 5.41) is 0.671. The number of ketones is 1. The molecule has 0 radical (unpaired) electrons. The summed E-state index contributed by atoms with van der Waals surface area (Å²) in [6.07, 6.45) is 3.45. The molecule has 0 saturated carbocycles. The van der Waals surface area contributed by atoms with E-state index in [1.165, 1.54) is 0 Å². The topological polar surface area (TPSA) is 80.6 Å². The Morgan fingerprint density at radius 3 is 2.85 bits per heavy atom. The SMILES string of the molecule is O=C(Cc1cn(Cc2cccc(Cl)c2)cn1)c1nc2ccccc2[nH]c1=O. The maximum Gasteiger partial charge on any atom is 0.278 e. The largest absolute Gasteiger partial charge is 0.333 e. The van der Waals surface area contributed by atoms with Crippen molar-refractivity contribution in [1.82, 2.24) is 19.5 Å². The summed E-state index contributed by atoms with van der Waals surface area (Å²) < 4.78 is 1.87. The highest BCUT2D eigenvalue weighted by molar-refractivity contribution is 6.30. The lowest BCUT2D eigenvalue weighted by atomic mass is 10.1. The van der Waals surface area contributed by atoms with Gasteiger partial charge in [0.15, 0.2) is 11.5 Å². The Morgan fingerprint density at radius 1 is 1.15 bits per heavy atom. The standard InChI is InChI=1S/C20H15ClN4O2/c21-14-5-3-4-13(8-14)10-25-11-15(22-12-25)9-18(26)19-20(27)24-17-7-2-1-6-16(17)23-19/h1-8,11-12H,9-10H2,(H,24,27). The molecule has 4 aromatic rings. The Hall–Kier alpha value is -3.25. The zero-order valence-electron chi connectivity index (χ0n) is 14.2. The van der Waals surface area contributed by atoms with Gasteiger partial charge in [-0.1, -0.05) is 35.9 Å². The quantitative estimate of drug-likeness (QED) is 0.540. The van der Waals surface area contributed by atoms with Gasteiger partial charge in [-0.05, 0) is 29.8 Å². The number of hydrogen-bond donors (Lipinski definition) is 1. The number of aromatic nitrogens is 4. The van der Waals surface area contributed by atoms with Crippen molar-refractivity contribution >= 4 is 28.4 Å². The molecule has 0 fully saturated rings. The van der Waals surface area contributed by atoms with E-state index in [0.717, 1.165) is 5.56 Å². The fourth-order valence-electron chi connectivity index (χ4n) is 2.90. The van der Waals surface area contributed by atoms with Crippen LogP contribution < -0.4 is 5.56 Å². The summed E-state index contributed by atoms with van der Waals surface area (Å²) in [7, 11) is 0. The van der Waals surface area contributed by atoms with Crippen LogP contribution >= 0.6 is 11.6 Å². The van der Waals surface area contributed by atoms with Gasteiger partial charge in [0.2, 0.25) is 0 Å². The molecule has 0 bridgehead atoms. The molecule has 0 saturated heterocycles. The minimum atomic E-state index is -0.489. The van der Waals surface area contributed by atoms with Crippen LogP contribution in [0.3, 0.4) is 0 Å².